The minimum Gasteiger partial charge on any atom is -0.394 e. The summed E-state index contributed by atoms with van der Waals surface area (Å²) < 4.78 is 0. The van der Waals surface area contributed by atoms with Gasteiger partial charge in [-0.1, -0.05) is 134 Å². The summed E-state index contributed by atoms with van der Waals surface area (Å²) in [5.41, 5.74) is 16.5. The standard InChI is InChI=1S/C61H105N15O14/c1-15-34(8)44-56(88)69-38(24-31(2)3)50(82)66-28-43(79)67-41(29-77)54(86)72-42(30-78)55(87)74-45(35-20-17-16-18-21-35)46(75-53(85)40(27-61(12,13)14)71-49(81)36(62)26-60(9,10)11)57(89)76-47(48(80)33(6)7)58(90)70-39(25-32(4)5)52(84)68-37(51(83)73-44)22-19-23-65-59(63)64/h16-18,20-21,31-34,36-42,44-48,77-78,80H,15,19,22-30,62H2,1-14H3,(H,66,82)(H,67,79)(H,68,84)(H,69,88)(H,70,90)(H,71,81)(H,72,86)(H,73,83)(H,74,87)(H,75,85)(H,76,89)(H4,63,64,65)/t34-,36+,37+,38-,39-,40-,41-,42?,44-,45+,46-,47-,48+/m0/s1. The van der Waals surface area contributed by atoms with Gasteiger partial charge < -0.3 is 91.0 Å². The summed E-state index contributed by atoms with van der Waals surface area (Å²) in [7, 11) is 0. The van der Waals surface area contributed by atoms with Crippen molar-refractivity contribution < 1.29 is 68.1 Å². The van der Waals surface area contributed by atoms with E-state index in [9.17, 15) is 63.3 Å². The number of benzene rings is 1. The first-order valence-electron chi connectivity index (χ1n) is 30.9. The highest BCUT2D eigenvalue weighted by Gasteiger charge is 2.42. The second-order valence-electron chi connectivity index (χ2n) is 26.8. The van der Waals surface area contributed by atoms with Crippen LogP contribution in [0.3, 0.4) is 0 Å². The van der Waals surface area contributed by atoms with E-state index in [0.29, 0.717) is 6.42 Å². The number of amides is 11. The van der Waals surface area contributed by atoms with Gasteiger partial charge in [0.15, 0.2) is 5.96 Å². The van der Waals surface area contributed by atoms with Crippen molar-refractivity contribution in [2.75, 3.05) is 26.3 Å². The van der Waals surface area contributed by atoms with Crippen LogP contribution >= 0.6 is 0 Å². The van der Waals surface area contributed by atoms with Gasteiger partial charge in [0.05, 0.1) is 37.9 Å². The molecule has 1 aliphatic rings. The zero-order valence-electron chi connectivity index (χ0n) is 54.9. The van der Waals surface area contributed by atoms with Crippen molar-refractivity contribution in [3.8, 4) is 0 Å². The number of aliphatic imine (C=N–C) groups is 1. The highest BCUT2D eigenvalue weighted by Crippen LogP contribution is 2.25. The molecule has 2 rings (SSSR count). The molecule has 1 unspecified atom stereocenters. The fourth-order valence-corrected chi connectivity index (χ4v) is 9.74. The molecule has 1 saturated heterocycles. The molecule has 0 aliphatic carbocycles. The van der Waals surface area contributed by atoms with Gasteiger partial charge in [0.2, 0.25) is 65.0 Å². The Morgan fingerprint density at radius 2 is 1.09 bits per heavy atom. The fraction of sp³-hybridized carbons (Fsp3) is 0.705. The second-order valence-corrected chi connectivity index (χ2v) is 26.8. The summed E-state index contributed by atoms with van der Waals surface area (Å²) >= 11 is 0. The van der Waals surface area contributed by atoms with E-state index in [4.69, 9.17) is 17.2 Å². The average molecular weight is 1270 g/mol. The van der Waals surface area contributed by atoms with E-state index in [1.807, 2.05) is 20.8 Å². The van der Waals surface area contributed by atoms with Gasteiger partial charge in [-0.25, -0.2) is 0 Å². The molecular formula is C61H105N15O14. The Labute approximate surface area is 529 Å². The molecular weight excluding hydrogens is 1170 g/mol. The zero-order chi connectivity index (χ0) is 68.5. The van der Waals surface area contributed by atoms with Crippen LogP contribution in [0.2, 0.25) is 0 Å². The molecule has 13 atom stereocenters. The second kappa shape index (κ2) is 37.0. The van der Waals surface area contributed by atoms with Gasteiger partial charge in [-0.2, -0.15) is 0 Å². The molecule has 0 spiro atoms. The number of nitrogens with zero attached hydrogens (tertiary/aromatic N) is 1. The number of carbonyl (C=O) groups excluding carboxylic acids is 11. The molecule has 0 bridgehead atoms. The maximum atomic E-state index is 15.4. The number of hydrogen-bond donors (Lipinski definition) is 17. The van der Waals surface area contributed by atoms with Crippen LogP contribution in [0.5, 0.6) is 0 Å². The first-order chi connectivity index (χ1) is 41.8. The third-order valence-electron chi connectivity index (χ3n) is 14.7. The van der Waals surface area contributed by atoms with Gasteiger partial charge in [0.25, 0.3) is 0 Å². The van der Waals surface area contributed by atoms with Crippen molar-refractivity contribution >= 4 is 70.9 Å². The molecule has 0 aromatic heterocycles. The predicted octanol–water partition coefficient (Wildman–Crippen LogP) is -2.27. The molecule has 1 heterocycles. The molecule has 1 aromatic rings. The number of aliphatic hydroxyl groups is 3. The van der Waals surface area contributed by atoms with E-state index in [0.717, 1.165) is 0 Å². The summed E-state index contributed by atoms with van der Waals surface area (Å²) in [6.07, 6.45) is -1.30. The normalized spacial score (nSPS) is 24.4. The molecule has 1 aromatic carbocycles. The minimum atomic E-state index is -2.02. The summed E-state index contributed by atoms with van der Waals surface area (Å²) in [6, 6.07) is -9.85. The lowest BCUT2D eigenvalue weighted by Crippen LogP contribution is -2.65. The molecule has 11 amide bonds. The summed E-state index contributed by atoms with van der Waals surface area (Å²) in [4.78, 5) is 162. The van der Waals surface area contributed by atoms with Gasteiger partial charge in [-0.05, 0) is 78.6 Å². The number of guanidine groups is 1. The van der Waals surface area contributed by atoms with Crippen molar-refractivity contribution in [3.63, 3.8) is 0 Å². The topological polar surface area (TPSA) is 471 Å². The quantitative estimate of drug-likeness (QED) is 0.0351. The fourth-order valence-electron chi connectivity index (χ4n) is 9.74. The van der Waals surface area contributed by atoms with Crippen molar-refractivity contribution in [2.24, 2.45) is 56.7 Å². The number of rotatable bonds is 21. The van der Waals surface area contributed by atoms with Crippen LogP contribution in [0.15, 0.2) is 35.3 Å². The van der Waals surface area contributed by atoms with Crippen LogP contribution in [0.25, 0.3) is 0 Å². The highest BCUT2D eigenvalue weighted by atomic mass is 16.3. The Hall–Kier alpha value is -7.50. The Morgan fingerprint density at radius 3 is 1.60 bits per heavy atom. The van der Waals surface area contributed by atoms with E-state index in [1.54, 1.807) is 68.4 Å². The van der Waals surface area contributed by atoms with E-state index < -0.39 is 180 Å². The number of aliphatic hydroxyl groups excluding tert-OH is 3. The smallest absolute Gasteiger partial charge is 0.245 e. The number of carbonyl (C=O) groups is 11. The maximum absolute atomic E-state index is 15.4. The third-order valence-corrected chi connectivity index (χ3v) is 14.7. The molecule has 20 N–H and O–H groups in total. The number of nitrogens with two attached hydrogens (primary N) is 3. The third kappa shape index (κ3) is 27.3. The lowest BCUT2D eigenvalue weighted by Gasteiger charge is -2.35. The Morgan fingerprint density at radius 1 is 0.611 bits per heavy atom. The monoisotopic (exact) mass is 1270 g/mol. The number of nitrogens with one attached hydrogen (secondary N) is 11. The van der Waals surface area contributed by atoms with Crippen LogP contribution < -0.4 is 75.7 Å². The van der Waals surface area contributed by atoms with Gasteiger partial charge >= 0.3 is 0 Å². The van der Waals surface area contributed by atoms with Gasteiger partial charge in [-0.3, -0.25) is 57.7 Å². The lowest BCUT2D eigenvalue weighted by atomic mass is 9.86. The van der Waals surface area contributed by atoms with Crippen molar-refractivity contribution in [1.82, 2.24) is 58.5 Å². The summed E-state index contributed by atoms with van der Waals surface area (Å²) in [6.45, 7) is 21.5. The van der Waals surface area contributed by atoms with E-state index in [-0.39, 0.29) is 68.4 Å². The summed E-state index contributed by atoms with van der Waals surface area (Å²) in [5, 5.41) is 61.2. The van der Waals surface area contributed by atoms with Crippen molar-refractivity contribution in [3.05, 3.63) is 35.9 Å². The lowest BCUT2D eigenvalue weighted by molar-refractivity contribution is -0.139. The highest BCUT2D eigenvalue weighted by molar-refractivity contribution is 5.99. The van der Waals surface area contributed by atoms with Crippen molar-refractivity contribution in [1.29, 1.82) is 0 Å². The molecule has 1 fully saturated rings. The minimum absolute atomic E-state index is 0.00548. The average Bonchev–Trinajstić information content (AvgIpc) is 1.16. The van der Waals surface area contributed by atoms with Crippen LogP contribution in [-0.4, -0.2) is 179 Å². The molecule has 0 saturated carbocycles. The molecule has 0 radical (unpaired) electrons. The van der Waals surface area contributed by atoms with Gasteiger partial charge in [-0.15, -0.1) is 0 Å². The first kappa shape index (κ1) is 78.6. The number of hydrogen-bond acceptors (Lipinski definition) is 16. The van der Waals surface area contributed by atoms with E-state index in [1.165, 1.54) is 38.1 Å². The van der Waals surface area contributed by atoms with Crippen LogP contribution in [0.1, 0.15) is 153 Å². The van der Waals surface area contributed by atoms with E-state index in [2.05, 4.69) is 63.5 Å². The zero-order valence-corrected chi connectivity index (χ0v) is 54.9. The van der Waals surface area contributed by atoms with Crippen LogP contribution in [0.4, 0.5) is 0 Å². The largest absolute Gasteiger partial charge is 0.394 e. The van der Waals surface area contributed by atoms with E-state index >= 15 is 4.79 Å². The Balaban J connectivity index is 3.10. The summed E-state index contributed by atoms with van der Waals surface area (Å²) in [5.74, 6) is -13.0. The first-order valence-corrected chi connectivity index (χ1v) is 30.9. The van der Waals surface area contributed by atoms with Crippen molar-refractivity contribution in [2.45, 2.75) is 214 Å². The Kier molecular flexibility index (Phi) is 32.3. The molecule has 90 heavy (non-hydrogen) atoms. The SMILES string of the molecule is CC[C@H](C)[C@@H]1NC(=O)[C@@H](CCCN=C(N)N)NC(=O)[C@H](CC(C)C)NC(=O)[C@H]([C@H](O)C(C)C)NC(=O)[C@@H](NC(=O)[C@H](CC(C)(C)C)NC(=O)[C@H](N)CC(C)(C)C)[C@@H](c2ccccc2)NC(=O)C(CO)NC(=O)[C@H](CO)NC(=O)CNC(=O)[C@H](CC(C)C)NC1=O. The molecule has 508 valence electrons. The predicted molar refractivity (Wildman–Crippen MR) is 337 cm³/mol. The maximum Gasteiger partial charge on any atom is 0.245 e. The van der Waals surface area contributed by atoms with Gasteiger partial charge in [0.1, 0.15) is 54.4 Å². The van der Waals surface area contributed by atoms with Gasteiger partial charge in [0, 0.05) is 6.54 Å². The Bertz CT molecular complexity index is 2610. The van der Waals surface area contributed by atoms with Crippen LogP contribution in [-0.2, 0) is 52.7 Å². The molecule has 29 heteroatoms. The molecule has 29 nitrogen and oxygen atoms in total. The van der Waals surface area contributed by atoms with Crippen LogP contribution in [0, 0.1) is 34.5 Å². The molecule has 1 aliphatic heterocycles.